The summed E-state index contributed by atoms with van der Waals surface area (Å²) in [5.74, 6) is -28.7. The molecule has 38 N–H and O–H groups in total. The second-order valence-electron chi connectivity index (χ2n) is 36.5. The number of nitrogens with two attached hydrogens (primary N) is 9. The molecule has 55 heteroatoms. The largest absolute Gasteiger partial charge is 0.481 e. The van der Waals surface area contributed by atoms with E-state index in [0.29, 0.717) is 35.7 Å². The summed E-state index contributed by atoms with van der Waals surface area (Å²) in [6.07, 6.45) is -2.96. The van der Waals surface area contributed by atoms with E-state index < -0.39 is 314 Å². The van der Waals surface area contributed by atoms with Crippen molar-refractivity contribution < 1.29 is 130 Å². The van der Waals surface area contributed by atoms with Gasteiger partial charge in [-0.1, -0.05) is 66.2 Å². The van der Waals surface area contributed by atoms with Crippen LogP contribution in [0.4, 0.5) is 0 Å². The Balaban J connectivity index is 1.92. The number of aromatic nitrogens is 1. The van der Waals surface area contributed by atoms with Crippen molar-refractivity contribution >= 4 is 165 Å². The van der Waals surface area contributed by atoms with Crippen LogP contribution in [0.5, 0.6) is 0 Å². The Morgan fingerprint density at radius 2 is 0.822 bits per heavy atom. The lowest BCUT2D eigenvalue weighted by Gasteiger charge is -2.31. The lowest BCUT2D eigenvalue weighted by molar-refractivity contribution is -0.144. The fourth-order valence-electron chi connectivity index (χ4n) is 15.4. The van der Waals surface area contributed by atoms with E-state index in [0.717, 1.165) is 4.90 Å². The van der Waals surface area contributed by atoms with Crippen LogP contribution in [-0.4, -0.2) is 315 Å². The van der Waals surface area contributed by atoms with Crippen molar-refractivity contribution in [2.24, 2.45) is 69.4 Å². The Kier molecular flexibility index (Phi) is 56.7. The molecule has 1 aromatic heterocycles. The van der Waals surface area contributed by atoms with Gasteiger partial charge in [-0.25, -0.2) is 4.79 Å². The number of nitrogens with zero attached hydrogens (tertiary/aromatic N) is 1. The molecule has 54 nitrogen and oxygen atoms in total. The zero-order valence-corrected chi connectivity index (χ0v) is 84.2. The highest BCUT2D eigenvalue weighted by molar-refractivity contribution is 7.80. The third-order valence-electron chi connectivity index (χ3n) is 23.7. The molecule has 1 aromatic carbocycles. The van der Waals surface area contributed by atoms with E-state index in [1.807, 2.05) is 0 Å². The molecule has 0 unspecified atom stereocenters. The van der Waals surface area contributed by atoms with E-state index in [9.17, 15) is 126 Å². The van der Waals surface area contributed by atoms with Crippen LogP contribution in [0.2, 0.25) is 0 Å². The molecule has 816 valence electrons. The van der Waals surface area contributed by atoms with Crippen LogP contribution >= 0.6 is 12.6 Å². The number of aliphatic carboxylic acids is 3. The van der Waals surface area contributed by atoms with Crippen molar-refractivity contribution in [3.05, 3.63) is 36.0 Å². The summed E-state index contributed by atoms with van der Waals surface area (Å²) in [5, 5.41) is 68.6. The number of H-pyrrole nitrogens is 1. The molecule has 3 rings (SSSR count). The molecule has 21 amide bonds. The molecule has 18 atom stereocenters. The second-order valence-corrected chi connectivity index (χ2v) is 36.9. The maximum atomic E-state index is 15.2. The molecule has 0 bridgehead atoms. The summed E-state index contributed by atoms with van der Waals surface area (Å²) < 4.78 is 0. The number of aromatic amines is 1. The number of unbranched alkanes of at least 4 members (excludes halogenated alkanes) is 4. The van der Waals surface area contributed by atoms with Crippen LogP contribution in [0, 0.1) is 17.8 Å². The third-order valence-corrected chi connectivity index (χ3v) is 24.0. The summed E-state index contributed by atoms with van der Waals surface area (Å²) in [6, 6.07) is -20.5. The molecule has 2 heterocycles. The van der Waals surface area contributed by atoms with E-state index in [1.165, 1.54) is 33.9 Å². The number of carboxylic acid groups (broad SMARTS) is 3. The highest BCUT2D eigenvalue weighted by Gasteiger charge is 2.44. The van der Waals surface area contributed by atoms with Gasteiger partial charge in [-0.05, 0) is 172 Å². The van der Waals surface area contributed by atoms with Gasteiger partial charge in [0.1, 0.15) is 96.7 Å². The minimum absolute atomic E-state index is 0.0329. The Morgan fingerprint density at radius 3 is 1.25 bits per heavy atom. The highest BCUT2D eigenvalue weighted by Crippen LogP contribution is 2.24. The maximum absolute atomic E-state index is 15.2. The second kappa shape index (κ2) is 65.5. The number of carboxylic acids is 3. The van der Waals surface area contributed by atoms with Gasteiger partial charge in [0.25, 0.3) is 0 Å². The number of para-hydroxylation sites is 1. The molecule has 2 aromatic rings. The van der Waals surface area contributed by atoms with Crippen molar-refractivity contribution in [1.29, 1.82) is 0 Å². The predicted molar refractivity (Wildman–Crippen MR) is 528 cm³/mol. The average Bonchev–Trinajstić information content (AvgIpc) is 1.69. The van der Waals surface area contributed by atoms with Gasteiger partial charge in [-0.3, -0.25) is 110 Å². The molecular formula is C91H149N27O27S. The Morgan fingerprint density at radius 1 is 0.418 bits per heavy atom. The van der Waals surface area contributed by atoms with Crippen LogP contribution in [0.15, 0.2) is 30.5 Å². The highest BCUT2D eigenvalue weighted by atomic mass is 32.1. The number of primary amides is 4. The number of benzene rings is 1. The molecule has 0 spiro atoms. The van der Waals surface area contributed by atoms with E-state index in [4.69, 9.17) is 51.6 Å². The molecule has 0 aliphatic carbocycles. The minimum atomic E-state index is -1.95. The van der Waals surface area contributed by atoms with E-state index in [2.05, 4.69) is 103 Å². The normalized spacial score (nSPS) is 15.7. The zero-order valence-electron chi connectivity index (χ0n) is 83.3. The van der Waals surface area contributed by atoms with E-state index in [-0.39, 0.29) is 134 Å². The lowest BCUT2D eigenvalue weighted by atomic mass is 9.96. The van der Waals surface area contributed by atoms with E-state index in [1.54, 1.807) is 45.0 Å². The standard InChI is InChI=1S/C91H149N27O27S/c1-8-47(6)74(117-86(139)59(37-49-42-101-52-21-10-9-20-50(49)52)112-81(134)57(27-29-66(97)119)109-79(132)54(23-12-16-32-93)105-78(131)55(24-13-17-33-94)107-83(136)60(39-68(99)121)111-76(129)51(96)38-67(98)120)89(142)113-61(40-69(100)122)84(137)106-53(22-11-15-31-92)77(130)103-48(7)75(128)116-73(46(4)5)88(141)102-43-70(123)104-62(41-72(126)127)85(138)108-56(25-14-18-34-95)80(133)114-63(36-45(2)3)90(143)118-35-19-26-65(118)87(140)110-58(28-30-71(124)125)82(135)115-64(44-146)91(144)145/h9-10,20-21,42,45-48,51,53-65,73-74,101,146H,8,11-19,22-41,43-44,92-96H2,1-7H3,(H2,97,119)(H2,98,120)(H2,99,121)(H2,100,122)(H,102,141)(H,103,130)(H,104,123)(H,105,131)(H,106,137)(H,107,136)(H,108,138)(H,109,132)(H,110,140)(H,111,129)(H,112,134)(H,113,142)(H,114,133)(H,115,135)(H,116,128)(H,117,139)(H,124,125)(H,126,127)(H,144,145)/t47-,48-,51-,53-,54-,55-,56-,57-,58-,59-,60-,61-,62-,63-,64-,65-,73-,74-/m0/s1. The summed E-state index contributed by atoms with van der Waals surface area (Å²) in [6.45, 7) is 10.2. The smallest absolute Gasteiger partial charge is 0.327 e. The quantitative estimate of drug-likeness (QED) is 0.0216. The Labute approximate surface area is 849 Å². The van der Waals surface area contributed by atoms with Crippen molar-refractivity contribution in [1.82, 2.24) is 95.0 Å². The number of likely N-dealkylation sites (tertiary alicyclic amines) is 1. The van der Waals surface area contributed by atoms with Crippen LogP contribution < -0.4 is 137 Å². The molecule has 1 saturated heterocycles. The molecule has 1 aliphatic rings. The summed E-state index contributed by atoms with van der Waals surface area (Å²) >= 11 is 3.93. The van der Waals surface area contributed by atoms with Crippen LogP contribution in [-0.2, 0) is 121 Å². The Hall–Kier alpha value is -13.8. The van der Waals surface area contributed by atoms with E-state index >= 15 is 4.79 Å². The Bertz CT molecular complexity index is 4830. The summed E-state index contributed by atoms with van der Waals surface area (Å²) in [5.41, 5.74) is 51.8. The molecule has 0 saturated carbocycles. The average molecular weight is 2090 g/mol. The summed E-state index contributed by atoms with van der Waals surface area (Å²) in [4.78, 5) is 331. The number of fused-ring (bicyclic) bond motifs is 1. The number of nitrogens with one attached hydrogen (secondary N) is 17. The zero-order chi connectivity index (χ0) is 110. The molecule has 146 heavy (non-hydrogen) atoms. The van der Waals surface area contributed by atoms with Crippen LogP contribution in [0.3, 0.4) is 0 Å². The molecular weight excluding hydrogens is 1940 g/mol. The first kappa shape index (κ1) is 126. The van der Waals surface area contributed by atoms with Gasteiger partial charge in [-0.15, -0.1) is 0 Å². The van der Waals surface area contributed by atoms with Gasteiger partial charge in [0.15, 0.2) is 0 Å². The first-order valence-electron chi connectivity index (χ1n) is 48.5. The number of carbonyl (C=O) groups is 24. The van der Waals surface area contributed by atoms with Gasteiger partial charge in [-0.2, -0.15) is 12.6 Å². The predicted octanol–water partition coefficient (Wildman–Crippen LogP) is -9.05. The molecule has 0 radical (unpaired) electrons. The summed E-state index contributed by atoms with van der Waals surface area (Å²) in [7, 11) is 0. The number of thiol groups is 1. The van der Waals surface area contributed by atoms with Crippen molar-refractivity contribution in [3.8, 4) is 0 Å². The third kappa shape index (κ3) is 45.2. The van der Waals surface area contributed by atoms with Gasteiger partial charge < -0.3 is 162 Å². The van der Waals surface area contributed by atoms with Gasteiger partial charge >= 0.3 is 17.9 Å². The van der Waals surface area contributed by atoms with Crippen LogP contribution in [0.1, 0.15) is 208 Å². The van der Waals surface area contributed by atoms with Crippen molar-refractivity contribution in [2.75, 3.05) is 45.0 Å². The van der Waals surface area contributed by atoms with Crippen molar-refractivity contribution in [3.63, 3.8) is 0 Å². The molecule has 1 fully saturated rings. The number of hydrogen-bond acceptors (Lipinski definition) is 30. The topological polar surface area (TPSA) is 916 Å². The van der Waals surface area contributed by atoms with Gasteiger partial charge in [0, 0.05) is 48.7 Å². The minimum Gasteiger partial charge on any atom is -0.481 e. The SMILES string of the molecule is CC[C@H](C)[C@H](NC(=O)[C@H](Cc1c[nH]c2ccccc12)NC(=O)[C@H](CCC(N)=O)NC(=O)[C@H](CCCCN)NC(=O)[C@H](CCCCN)NC(=O)[C@H](CC(N)=O)NC(=O)[C@@H](N)CC(N)=O)C(=O)N[C@@H](CC(N)=O)C(=O)N[C@@H](CCCCN)C(=O)N[C@@H](C)C(=O)N[C@H](C(=O)NCC(=O)N[C@@H](CC(=O)O)C(=O)N[C@@H](CCCCN)C(=O)N[C@@H](CC(C)C)C(=O)N1CCC[C@H]1C(=O)N[C@@H](CCC(=O)O)C(=O)N[C@@H](CS)C(=O)O)C(C)C. The number of rotatable bonds is 72. The molecule has 1 aliphatic heterocycles. The van der Waals surface area contributed by atoms with Crippen molar-refractivity contribution in [2.45, 2.75) is 312 Å². The first-order chi connectivity index (χ1) is 68.8. The first-order valence-corrected chi connectivity index (χ1v) is 49.1. The van der Waals surface area contributed by atoms with Gasteiger partial charge in [0.2, 0.25) is 124 Å². The van der Waals surface area contributed by atoms with Gasteiger partial charge in [0.05, 0.1) is 38.3 Å². The monoisotopic (exact) mass is 2080 g/mol. The number of hydrogen-bond donors (Lipinski definition) is 30. The lowest BCUT2D eigenvalue weighted by Crippen LogP contribution is -2.62. The van der Waals surface area contributed by atoms with Crippen LogP contribution in [0.25, 0.3) is 10.9 Å². The maximum Gasteiger partial charge on any atom is 0.327 e. The number of amides is 21. The fraction of sp³-hybridized carbons (Fsp3) is 0.648. The fourth-order valence-corrected chi connectivity index (χ4v) is 15.7. The number of carbonyl (C=O) groups excluding carboxylic acids is 21.